The maximum Gasteiger partial charge on any atom is 0.255 e. The molecule has 0 spiro atoms. The van der Waals surface area contributed by atoms with Crippen molar-refractivity contribution in [2.24, 2.45) is 5.92 Å². The van der Waals surface area contributed by atoms with Crippen LogP contribution in [0.15, 0.2) is 42.6 Å². The van der Waals surface area contributed by atoms with Gasteiger partial charge in [0.2, 0.25) is 5.88 Å². The number of hydrogen-bond acceptors (Lipinski definition) is 5. The molecule has 1 aromatic carbocycles. The standard InChI is InChI=1S/C21H26N2O4/c1-3-10-27-18-7-5-4-6-17(18)21(25)23-20(15-11-16(24)12-15)14-8-9-19(26-2)22-13-14/h4-9,13,15-16,20,24H,3,10-12H2,1-2H3,(H,23,25)/t15?,16?,20-/m0/s1. The van der Waals surface area contributed by atoms with Gasteiger partial charge < -0.3 is 19.9 Å². The van der Waals surface area contributed by atoms with Crippen LogP contribution in [0, 0.1) is 5.92 Å². The quantitative estimate of drug-likeness (QED) is 0.746. The third kappa shape index (κ3) is 4.57. The minimum Gasteiger partial charge on any atom is -0.493 e. The number of methoxy groups -OCH3 is 1. The molecule has 1 heterocycles. The number of hydrogen-bond donors (Lipinski definition) is 2. The zero-order chi connectivity index (χ0) is 19.2. The first-order chi connectivity index (χ1) is 13.1. The first-order valence-electron chi connectivity index (χ1n) is 9.33. The van der Waals surface area contributed by atoms with E-state index < -0.39 is 0 Å². The molecule has 0 aliphatic heterocycles. The van der Waals surface area contributed by atoms with E-state index in [0.717, 1.165) is 12.0 Å². The number of nitrogens with one attached hydrogen (secondary N) is 1. The molecule has 1 atom stereocenters. The Labute approximate surface area is 159 Å². The van der Waals surface area contributed by atoms with Crippen molar-refractivity contribution in [2.75, 3.05) is 13.7 Å². The molecule has 27 heavy (non-hydrogen) atoms. The van der Waals surface area contributed by atoms with Crippen LogP contribution in [-0.4, -0.2) is 35.8 Å². The molecule has 0 radical (unpaired) electrons. The third-order valence-electron chi connectivity index (χ3n) is 4.83. The number of aliphatic hydroxyl groups is 1. The van der Waals surface area contributed by atoms with E-state index in [0.29, 0.717) is 36.6 Å². The molecule has 0 unspecified atom stereocenters. The van der Waals surface area contributed by atoms with Gasteiger partial charge >= 0.3 is 0 Å². The molecule has 1 saturated carbocycles. The summed E-state index contributed by atoms with van der Waals surface area (Å²) < 4.78 is 10.8. The van der Waals surface area contributed by atoms with Crippen molar-refractivity contribution in [2.45, 2.75) is 38.3 Å². The Morgan fingerprint density at radius 2 is 2.07 bits per heavy atom. The van der Waals surface area contributed by atoms with Crippen molar-refractivity contribution in [1.82, 2.24) is 10.3 Å². The Bertz CT molecular complexity index is 757. The molecule has 144 valence electrons. The summed E-state index contributed by atoms with van der Waals surface area (Å²) in [6.07, 6.45) is 3.60. The highest BCUT2D eigenvalue weighted by molar-refractivity contribution is 5.97. The second-order valence-corrected chi connectivity index (χ2v) is 6.81. The summed E-state index contributed by atoms with van der Waals surface area (Å²) in [6.45, 7) is 2.59. The second-order valence-electron chi connectivity index (χ2n) is 6.81. The summed E-state index contributed by atoms with van der Waals surface area (Å²) in [5.74, 6) is 1.08. The number of aromatic nitrogens is 1. The minimum absolute atomic E-state index is 0.169. The number of nitrogens with zero attached hydrogens (tertiary/aromatic N) is 1. The van der Waals surface area contributed by atoms with Gasteiger partial charge in [-0.05, 0) is 42.9 Å². The van der Waals surface area contributed by atoms with Crippen LogP contribution in [0.1, 0.15) is 48.1 Å². The van der Waals surface area contributed by atoms with E-state index in [1.54, 1.807) is 25.4 Å². The molecule has 1 aromatic heterocycles. The molecule has 1 aliphatic carbocycles. The molecule has 0 bridgehead atoms. The highest BCUT2D eigenvalue weighted by Crippen LogP contribution is 2.38. The summed E-state index contributed by atoms with van der Waals surface area (Å²) in [7, 11) is 1.57. The highest BCUT2D eigenvalue weighted by Gasteiger charge is 2.36. The van der Waals surface area contributed by atoms with Gasteiger partial charge in [-0.25, -0.2) is 4.98 Å². The molecule has 2 N–H and O–H groups in total. The molecule has 6 nitrogen and oxygen atoms in total. The van der Waals surface area contributed by atoms with Crippen LogP contribution < -0.4 is 14.8 Å². The summed E-state index contributed by atoms with van der Waals surface area (Å²) in [4.78, 5) is 17.2. The molecule has 1 aliphatic rings. The number of para-hydroxylation sites is 1. The average Bonchev–Trinajstić information content (AvgIpc) is 2.68. The smallest absolute Gasteiger partial charge is 0.255 e. The molecule has 1 amide bonds. The Hall–Kier alpha value is -2.60. The van der Waals surface area contributed by atoms with Gasteiger partial charge in [-0.3, -0.25) is 4.79 Å². The van der Waals surface area contributed by atoms with Crippen molar-refractivity contribution in [3.63, 3.8) is 0 Å². The van der Waals surface area contributed by atoms with E-state index in [-0.39, 0.29) is 24.0 Å². The molecular formula is C21H26N2O4. The largest absolute Gasteiger partial charge is 0.493 e. The molecule has 1 fully saturated rings. The van der Waals surface area contributed by atoms with Crippen LogP contribution in [0.25, 0.3) is 0 Å². The summed E-state index contributed by atoms with van der Waals surface area (Å²) in [6, 6.07) is 10.7. The lowest BCUT2D eigenvalue weighted by Crippen LogP contribution is -2.41. The van der Waals surface area contributed by atoms with Crippen molar-refractivity contribution >= 4 is 5.91 Å². The van der Waals surface area contributed by atoms with Gasteiger partial charge in [-0.15, -0.1) is 0 Å². The highest BCUT2D eigenvalue weighted by atomic mass is 16.5. The molecule has 0 saturated heterocycles. The number of benzene rings is 1. The molecular weight excluding hydrogens is 344 g/mol. The number of rotatable bonds is 8. The van der Waals surface area contributed by atoms with Gasteiger partial charge in [0.1, 0.15) is 5.75 Å². The number of carbonyl (C=O) groups is 1. The van der Waals surface area contributed by atoms with E-state index in [4.69, 9.17) is 9.47 Å². The topological polar surface area (TPSA) is 80.7 Å². The van der Waals surface area contributed by atoms with Crippen LogP contribution in [0.5, 0.6) is 11.6 Å². The van der Waals surface area contributed by atoms with Gasteiger partial charge in [0.25, 0.3) is 5.91 Å². The number of carbonyl (C=O) groups excluding carboxylic acids is 1. The SMILES string of the molecule is CCCOc1ccccc1C(=O)N[C@@H](c1ccc(OC)nc1)C1CC(O)C1. The van der Waals surface area contributed by atoms with E-state index in [9.17, 15) is 9.90 Å². The van der Waals surface area contributed by atoms with Crippen LogP contribution >= 0.6 is 0 Å². The fourth-order valence-corrected chi connectivity index (χ4v) is 3.28. The first kappa shape index (κ1) is 19.2. The Morgan fingerprint density at radius 1 is 1.30 bits per heavy atom. The van der Waals surface area contributed by atoms with Gasteiger partial charge in [0, 0.05) is 12.3 Å². The van der Waals surface area contributed by atoms with Gasteiger partial charge in [0.05, 0.1) is 31.4 Å². The van der Waals surface area contributed by atoms with Crippen molar-refractivity contribution < 1.29 is 19.4 Å². The molecule has 6 heteroatoms. The van der Waals surface area contributed by atoms with Crippen LogP contribution in [0.4, 0.5) is 0 Å². The second kappa shape index (κ2) is 8.86. The Balaban J connectivity index is 1.80. The molecule has 3 rings (SSSR count). The maximum absolute atomic E-state index is 13.0. The van der Waals surface area contributed by atoms with Crippen LogP contribution in [-0.2, 0) is 0 Å². The monoisotopic (exact) mass is 370 g/mol. The number of amides is 1. The van der Waals surface area contributed by atoms with Gasteiger partial charge in [0.15, 0.2) is 0 Å². The van der Waals surface area contributed by atoms with E-state index in [2.05, 4.69) is 10.3 Å². The molecule has 2 aromatic rings. The Kier molecular flexibility index (Phi) is 6.29. The maximum atomic E-state index is 13.0. The lowest BCUT2D eigenvalue weighted by molar-refractivity contribution is 0.0234. The normalized spacial score (nSPS) is 19.7. The van der Waals surface area contributed by atoms with E-state index >= 15 is 0 Å². The lowest BCUT2D eigenvalue weighted by Gasteiger charge is -2.38. The summed E-state index contributed by atoms with van der Waals surface area (Å²) in [5.41, 5.74) is 1.41. The fourth-order valence-electron chi connectivity index (χ4n) is 3.28. The Morgan fingerprint density at radius 3 is 2.70 bits per heavy atom. The van der Waals surface area contributed by atoms with Crippen molar-refractivity contribution in [3.8, 4) is 11.6 Å². The summed E-state index contributed by atoms with van der Waals surface area (Å²) >= 11 is 0. The fraction of sp³-hybridized carbons (Fsp3) is 0.429. The van der Waals surface area contributed by atoms with E-state index in [1.165, 1.54) is 0 Å². The van der Waals surface area contributed by atoms with Crippen molar-refractivity contribution in [1.29, 1.82) is 0 Å². The predicted molar refractivity (Wildman–Crippen MR) is 102 cm³/mol. The third-order valence-corrected chi connectivity index (χ3v) is 4.83. The van der Waals surface area contributed by atoms with Crippen molar-refractivity contribution in [3.05, 3.63) is 53.7 Å². The zero-order valence-corrected chi connectivity index (χ0v) is 15.7. The van der Waals surface area contributed by atoms with Crippen LogP contribution in [0.2, 0.25) is 0 Å². The van der Waals surface area contributed by atoms with Gasteiger partial charge in [-0.2, -0.15) is 0 Å². The lowest BCUT2D eigenvalue weighted by atomic mass is 9.75. The van der Waals surface area contributed by atoms with E-state index in [1.807, 2.05) is 31.2 Å². The zero-order valence-electron chi connectivity index (χ0n) is 15.7. The number of ether oxygens (including phenoxy) is 2. The summed E-state index contributed by atoms with van der Waals surface area (Å²) in [5, 5.41) is 12.8. The predicted octanol–water partition coefficient (Wildman–Crippen LogP) is 3.12. The number of aliphatic hydroxyl groups excluding tert-OH is 1. The first-order valence-corrected chi connectivity index (χ1v) is 9.33. The van der Waals surface area contributed by atoms with Gasteiger partial charge in [-0.1, -0.05) is 25.1 Å². The average molecular weight is 370 g/mol. The number of pyridine rings is 1. The van der Waals surface area contributed by atoms with Crippen LogP contribution in [0.3, 0.4) is 0 Å². The minimum atomic E-state index is -0.305.